The molecule has 0 rings (SSSR count). The molecule has 0 atom stereocenters. The highest BCUT2D eigenvalue weighted by Gasteiger charge is 1.95. The van der Waals surface area contributed by atoms with Gasteiger partial charge in [-0.3, -0.25) is 4.79 Å². The lowest BCUT2D eigenvalue weighted by molar-refractivity contribution is -0.137. The van der Waals surface area contributed by atoms with Crippen LogP contribution in [0, 0.1) is 0 Å². The fourth-order valence-corrected chi connectivity index (χ4v) is 2.76. The third kappa shape index (κ3) is 19.7. The molecular formula is C18H33BrO2. The Hall–Kier alpha value is -0.310. The summed E-state index contributed by atoms with van der Waals surface area (Å²) in [6.07, 6.45) is 21.1. The highest BCUT2D eigenvalue weighted by atomic mass is 79.9. The van der Waals surface area contributed by atoms with Crippen molar-refractivity contribution in [2.45, 2.75) is 89.9 Å². The lowest BCUT2D eigenvalue weighted by atomic mass is 10.1. The van der Waals surface area contributed by atoms with Crippen molar-refractivity contribution in [1.29, 1.82) is 0 Å². The molecule has 0 spiro atoms. The molecule has 0 amide bonds. The van der Waals surface area contributed by atoms with Crippen LogP contribution in [0.4, 0.5) is 0 Å². The molecule has 0 aromatic heterocycles. The maximum Gasteiger partial charge on any atom is 0.303 e. The van der Waals surface area contributed by atoms with Gasteiger partial charge in [0.1, 0.15) is 0 Å². The highest BCUT2D eigenvalue weighted by molar-refractivity contribution is 9.09. The van der Waals surface area contributed by atoms with Gasteiger partial charge in [0.25, 0.3) is 0 Å². The molecule has 0 aliphatic rings. The third-order valence-corrected chi connectivity index (χ3v) is 4.24. The molecule has 0 aliphatic heterocycles. The zero-order chi connectivity index (χ0) is 15.6. The first-order valence-electron chi connectivity index (χ1n) is 8.70. The Morgan fingerprint density at radius 1 is 0.714 bits per heavy atom. The Labute approximate surface area is 139 Å². The van der Waals surface area contributed by atoms with Crippen molar-refractivity contribution in [3.8, 4) is 0 Å². The number of carbonyl (C=O) groups is 1. The number of unbranched alkanes of at least 4 members (excludes halogenated alkanes) is 11. The van der Waals surface area contributed by atoms with Crippen molar-refractivity contribution in [1.82, 2.24) is 0 Å². The Kier molecular flexibility index (Phi) is 17.5. The van der Waals surface area contributed by atoms with Crippen molar-refractivity contribution in [2.24, 2.45) is 0 Å². The first kappa shape index (κ1) is 20.7. The van der Waals surface area contributed by atoms with Gasteiger partial charge in [-0.2, -0.15) is 0 Å². The second-order valence-electron chi connectivity index (χ2n) is 5.77. The third-order valence-electron chi connectivity index (χ3n) is 3.68. The van der Waals surface area contributed by atoms with Crippen molar-refractivity contribution >= 4 is 21.9 Å². The van der Waals surface area contributed by atoms with E-state index in [9.17, 15) is 4.79 Å². The van der Waals surface area contributed by atoms with Gasteiger partial charge in [0.2, 0.25) is 0 Å². The summed E-state index contributed by atoms with van der Waals surface area (Å²) in [4.78, 5) is 10.3. The van der Waals surface area contributed by atoms with Crippen LogP contribution in [0.3, 0.4) is 0 Å². The first-order chi connectivity index (χ1) is 10.3. The quantitative estimate of drug-likeness (QED) is 0.194. The lowest BCUT2D eigenvalue weighted by Crippen LogP contribution is -1.93. The fourth-order valence-electron chi connectivity index (χ4n) is 2.37. The molecule has 0 heterocycles. The van der Waals surface area contributed by atoms with E-state index >= 15 is 0 Å². The molecule has 3 heteroatoms. The SMILES string of the molecule is O=C(O)CCCCCCC/C=C\CCCCCCCCBr. The van der Waals surface area contributed by atoms with Gasteiger partial charge in [-0.15, -0.1) is 0 Å². The largest absolute Gasteiger partial charge is 0.481 e. The maximum absolute atomic E-state index is 10.3. The normalized spacial score (nSPS) is 11.3. The maximum atomic E-state index is 10.3. The Balaban J connectivity index is 3.07. The molecule has 1 N–H and O–H groups in total. The van der Waals surface area contributed by atoms with Gasteiger partial charge in [-0.1, -0.05) is 73.0 Å². The number of carboxylic acids is 1. The summed E-state index contributed by atoms with van der Waals surface area (Å²) in [5, 5.41) is 9.67. The molecule has 0 saturated heterocycles. The molecule has 0 radical (unpaired) electrons. The Morgan fingerprint density at radius 2 is 1.14 bits per heavy atom. The van der Waals surface area contributed by atoms with E-state index in [1.54, 1.807) is 0 Å². The summed E-state index contributed by atoms with van der Waals surface area (Å²) in [7, 11) is 0. The topological polar surface area (TPSA) is 37.3 Å². The summed E-state index contributed by atoms with van der Waals surface area (Å²) in [6.45, 7) is 0. The van der Waals surface area contributed by atoms with Gasteiger partial charge >= 0.3 is 5.97 Å². The second kappa shape index (κ2) is 17.7. The van der Waals surface area contributed by atoms with Crippen LogP contribution in [-0.4, -0.2) is 16.4 Å². The van der Waals surface area contributed by atoms with Gasteiger partial charge in [0, 0.05) is 11.8 Å². The van der Waals surface area contributed by atoms with E-state index in [0.29, 0.717) is 6.42 Å². The van der Waals surface area contributed by atoms with Crippen molar-refractivity contribution < 1.29 is 9.90 Å². The van der Waals surface area contributed by atoms with Crippen molar-refractivity contribution in [2.75, 3.05) is 5.33 Å². The predicted molar refractivity (Wildman–Crippen MR) is 95.2 cm³/mol. The monoisotopic (exact) mass is 360 g/mol. The van der Waals surface area contributed by atoms with Crippen LogP contribution < -0.4 is 0 Å². The zero-order valence-electron chi connectivity index (χ0n) is 13.5. The highest BCUT2D eigenvalue weighted by Crippen LogP contribution is 2.10. The number of halogens is 1. The number of hydrogen-bond acceptors (Lipinski definition) is 1. The van der Waals surface area contributed by atoms with Gasteiger partial charge < -0.3 is 5.11 Å². The van der Waals surface area contributed by atoms with Gasteiger partial charge in [0.15, 0.2) is 0 Å². The van der Waals surface area contributed by atoms with E-state index in [1.165, 1.54) is 70.6 Å². The van der Waals surface area contributed by atoms with Crippen LogP contribution in [0.1, 0.15) is 89.9 Å². The number of rotatable bonds is 16. The van der Waals surface area contributed by atoms with Crippen molar-refractivity contribution in [3.63, 3.8) is 0 Å². The van der Waals surface area contributed by atoms with Gasteiger partial charge in [0.05, 0.1) is 0 Å². The molecule has 0 aromatic rings. The van der Waals surface area contributed by atoms with Crippen LogP contribution in [0.25, 0.3) is 0 Å². The smallest absolute Gasteiger partial charge is 0.303 e. The molecular weight excluding hydrogens is 328 g/mol. The minimum absolute atomic E-state index is 0.329. The number of hydrogen-bond donors (Lipinski definition) is 1. The van der Waals surface area contributed by atoms with Crippen LogP contribution in [0.2, 0.25) is 0 Å². The summed E-state index contributed by atoms with van der Waals surface area (Å²) in [5.74, 6) is -0.666. The molecule has 0 fully saturated rings. The summed E-state index contributed by atoms with van der Waals surface area (Å²) in [6, 6.07) is 0. The molecule has 0 aliphatic carbocycles. The van der Waals surface area contributed by atoms with E-state index in [0.717, 1.165) is 18.2 Å². The lowest BCUT2D eigenvalue weighted by Gasteiger charge is -1.99. The van der Waals surface area contributed by atoms with Crippen LogP contribution >= 0.6 is 15.9 Å². The van der Waals surface area contributed by atoms with E-state index < -0.39 is 5.97 Å². The molecule has 0 unspecified atom stereocenters. The van der Waals surface area contributed by atoms with E-state index in [1.807, 2.05) is 0 Å². The zero-order valence-corrected chi connectivity index (χ0v) is 15.1. The molecule has 0 aromatic carbocycles. The summed E-state index contributed by atoms with van der Waals surface area (Å²) >= 11 is 3.46. The fraction of sp³-hybridized carbons (Fsp3) is 0.833. The number of carboxylic acid groups (broad SMARTS) is 1. The van der Waals surface area contributed by atoms with E-state index in [2.05, 4.69) is 28.1 Å². The molecule has 124 valence electrons. The Morgan fingerprint density at radius 3 is 1.62 bits per heavy atom. The molecule has 0 bridgehead atoms. The van der Waals surface area contributed by atoms with Crippen LogP contribution in [0.15, 0.2) is 12.2 Å². The molecule has 21 heavy (non-hydrogen) atoms. The molecule has 2 nitrogen and oxygen atoms in total. The number of allylic oxidation sites excluding steroid dienone is 2. The summed E-state index contributed by atoms with van der Waals surface area (Å²) < 4.78 is 0. The van der Waals surface area contributed by atoms with Gasteiger partial charge in [-0.05, 0) is 38.5 Å². The predicted octanol–water partition coefficient (Wildman–Crippen LogP) is 6.48. The summed E-state index contributed by atoms with van der Waals surface area (Å²) in [5.41, 5.74) is 0. The van der Waals surface area contributed by atoms with E-state index in [4.69, 9.17) is 5.11 Å². The standard InChI is InChI=1S/C18H33BrO2/c19-17-15-13-11-9-7-5-3-1-2-4-6-8-10-12-14-16-18(20)21/h1-2H,3-17H2,(H,20,21)/b2-1-. The molecule has 0 saturated carbocycles. The first-order valence-corrected chi connectivity index (χ1v) is 9.82. The van der Waals surface area contributed by atoms with Gasteiger partial charge in [-0.25, -0.2) is 0 Å². The van der Waals surface area contributed by atoms with Crippen LogP contribution in [-0.2, 0) is 4.79 Å². The van der Waals surface area contributed by atoms with Crippen molar-refractivity contribution in [3.05, 3.63) is 12.2 Å². The number of aliphatic carboxylic acids is 1. The van der Waals surface area contributed by atoms with Crippen LogP contribution in [0.5, 0.6) is 0 Å². The minimum Gasteiger partial charge on any atom is -0.481 e. The minimum atomic E-state index is -0.666. The average Bonchev–Trinajstić information content (AvgIpc) is 2.46. The second-order valence-corrected chi connectivity index (χ2v) is 6.56. The van der Waals surface area contributed by atoms with E-state index in [-0.39, 0.29) is 0 Å². The Bertz CT molecular complexity index is 252. The number of alkyl halides is 1. The average molecular weight is 361 g/mol.